The first-order chi connectivity index (χ1) is 8.44. The van der Waals surface area contributed by atoms with E-state index in [1.165, 1.54) is 24.1 Å². The number of aromatic nitrogens is 1. The molecule has 3 heteroatoms. The summed E-state index contributed by atoms with van der Waals surface area (Å²) in [6.45, 7) is 7.46. The topological polar surface area (TPSA) is 50.9 Å². The number of hydrogen-bond acceptors (Lipinski definition) is 3. The van der Waals surface area contributed by atoms with Gasteiger partial charge in [0.05, 0.1) is 0 Å². The van der Waals surface area contributed by atoms with Gasteiger partial charge in [-0.3, -0.25) is 0 Å². The fraction of sp³-hybridized carbons (Fsp3) is 0.667. The van der Waals surface area contributed by atoms with Gasteiger partial charge in [0.25, 0.3) is 0 Å². The Morgan fingerprint density at radius 3 is 2.83 bits per heavy atom. The molecule has 1 aromatic heterocycles. The Balaban J connectivity index is 1.87. The Bertz CT molecular complexity index is 407. The van der Waals surface area contributed by atoms with Gasteiger partial charge in [-0.1, -0.05) is 26.8 Å². The van der Waals surface area contributed by atoms with Gasteiger partial charge in [0, 0.05) is 18.3 Å². The van der Waals surface area contributed by atoms with Crippen molar-refractivity contribution in [3.05, 3.63) is 23.4 Å². The normalized spacial score (nSPS) is 16.4. The van der Waals surface area contributed by atoms with Crippen molar-refractivity contribution in [2.45, 2.75) is 52.5 Å². The van der Waals surface area contributed by atoms with E-state index in [1.54, 1.807) is 0 Å². The number of nitrogens with one attached hydrogen (secondary N) is 1. The molecule has 2 rings (SSSR count). The van der Waals surface area contributed by atoms with E-state index in [9.17, 15) is 0 Å². The van der Waals surface area contributed by atoms with Crippen molar-refractivity contribution < 1.29 is 0 Å². The van der Waals surface area contributed by atoms with Gasteiger partial charge in [-0.15, -0.1) is 0 Å². The molecular formula is C15H25N3. The molecule has 1 atom stereocenters. The SMILES string of the molecule is CC(C)(C)CC(N)CNc1ccc2c(n1)CCC2. The molecule has 1 aliphatic rings. The lowest BCUT2D eigenvalue weighted by atomic mass is 9.88. The lowest BCUT2D eigenvalue weighted by molar-refractivity contribution is 0.344. The summed E-state index contributed by atoms with van der Waals surface area (Å²) >= 11 is 0. The van der Waals surface area contributed by atoms with Crippen molar-refractivity contribution in [3.8, 4) is 0 Å². The number of pyridine rings is 1. The van der Waals surface area contributed by atoms with Crippen LogP contribution in [0.2, 0.25) is 0 Å². The number of anilines is 1. The zero-order valence-corrected chi connectivity index (χ0v) is 11.8. The zero-order valence-electron chi connectivity index (χ0n) is 11.8. The molecule has 0 aromatic carbocycles. The standard InChI is InChI=1S/C15H25N3/c1-15(2,3)9-12(16)10-17-14-8-7-11-5-4-6-13(11)18-14/h7-8,12H,4-6,9-10,16H2,1-3H3,(H,17,18). The molecule has 0 bridgehead atoms. The van der Waals surface area contributed by atoms with Gasteiger partial charge in [-0.05, 0) is 42.7 Å². The van der Waals surface area contributed by atoms with Crippen LogP contribution in [0.25, 0.3) is 0 Å². The smallest absolute Gasteiger partial charge is 0.126 e. The van der Waals surface area contributed by atoms with Gasteiger partial charge in [-0.25, -0.2) is 4.98 Å². The fourth-order valence-corrected chi connectivity index (χ4v) is 2.61. The van der Waals surface area contributed by atoms with Crippen LogP contribution in [-0.2, 0) is 12.8 Å². The second-order valence-electron chi connectivity index (χ2n) is 6.56. The third-order valence-corrected chi connectivity index (χ3v) is 3.35. The van der Waals surface area contributed by atoms with E-state index in [0.29, 0.717) is 0 Å². The summed E-state index contributed by atoms with van der Waals surface area (Å²) in [5.74, 6) is 0.972. The molecule has 0 amide bonds. The number of nitrogens with two attached hydrogens (primary N) is 1. The molecule has 1 aliphatic carbocycles. The lowest BCUT2D eigenvalue weighted by Gasteiger charge is -2.23. The number of hydrogen-bond donors (Lipinski definition) is 2. The molecule has 0 spiro atoms. The second-order valence-corrected chi connectivity index (χ2v) is 6.56. The van der Waals surface area contributed by atoms with Crippen molar-refractivity contribution in [2.24, 2.45) is 11.1 Å². The van der Waals surface area contributed by atoms with Crippen LogP contribution in [0.4, 0.5) is 5.82 Å². The van der Waals surface area contributed by atoms with Crippen molar-refractivity contribution in [1.82, 2.24) is 4.98 Å². The highest BCUT2D eigenvalue weighted by atomic mass is 15.0. The van der Waals surface area contributed by atoms with Crippen LogP contribution in [0.1, 0.15) is 44.9 Å². The first kappa shape index (κ1) is 13.3. The highest BCUT2D eigenvalue weighted by Crippen LogP contribution is 2.22. The summed E-state index contributed by atoms with van der Waals surface area (Å²) < 4.78 is 0. The largest absolute Gasteiger partial charge is 0.369 e. The molecule has 18 heavy (non-hydrogen) atoms. The van der Waals surface area contributed by atoms with Crippen molar-refractivity contribution in [3.63, 3.8) is 0 Å². The van der Waals surface area contributed by atoms with Crippen molar-refractivity contribution >= 4 is 5.82 Å². The van der Waals surface area contributed by atoms with Gasteiger partial charge in [0.15, 0.2) is 0 Å². The molecule has 0 saturated heterocycles. The third-order valence-electron chi connectivity index (χ3n) is 3.35. The highest BCUT2D eigenvalue weighted by molar-refractivity contribution is 5.40. The van der Waals surface area contributed by atoms with Gasteiger partial charge in [0.1, 0.15) is 5.82 Å². The molecule has 0 radical (unpaired) electrons. The van der Waals surface area contributed by atoms with Gasteiger partial charge in [0.2, 0.25) is 0 Å². The maximum absolute atomic E-state index is 6.13. The summed E-state index contributed by atoms with van der Waals surface area (Å²) in [5, 5.41) is 3.36. The minimum atomic E-state index is 0.181. The minimum Gasteiger partial charge on any atom is -0.369 e. The molecule has 3 nitrogen and oxygen atoms in total. The molecule has 3 N–H and O–H groups in total. The van der Waals surface area contributed by atoms with Crippen LogP contribution in [-0.4, -0.2) is 17.6 Å². The monoisotopic (exact) mass is 247 g/mol. The molecule has 1 heterocycles. The molecule has 100 valence electrons. The van der Waals surface area contributed by atoms with E-state index in [-0.39, 0.29) is 11.5 Å². The Morgan fingerprint density at radius 2 is 2.11 bits per heavy atom. The molecular weight excluding hydrogens is 222 g/mol. The number of nitrogens with zero attached hydrogens (tertiary/aromatic N) is 1. The number of fused-ring (bicyclic) bond motifs is 1. The highest BCUT2D eigenvalue weighted by Gasteiger charge is 2.16. The quantitative estimate of drug-likeness (QED) is 0.860. The lowest BCUT2D eigenvalue weighted by Crippen LogP contribution is -2.33. The average Bonchev–Trinajstić information content (AvgIpc) is 2.71. The van der Waals surface area contributed by atoms with E-state index in [0.717, 1.165) is 25.2 Å². The molecule has 0 saturated carbocycles. The van der Waals surface area contributed by atoms with Crippen LogP contribution in [0.15, 0.2) is 12.1 Å². The average molecular weight is 247 g/mol. The first-order valence-electron chi connectivity index (χ1n) is 6.92. The van der Waals surface area contributed by atoms with Gasteiger partial charge < -0.3 is 11.1 Å². The molecule has 0 fully saturated rings. The second kappa shape index (κ2) is 5.27. The molecule has 1 unspecified atom stereocenters. The summed E-state index contributed by atoms with van der Waals surface area (Å²) in [5.41, 5.74) is 9.10. The Kier molecular flexibility index (Phi) is 3.91. The van der Waals surface area contributed by atoms with Crippen LogP contribution in [0.5, 0.6) is 0 Å². The van der Waals surface area contributed by atoms with Crippen LogP contribution in [0, 0.1) is 5.41 Å². The van der Waals surface area contributed by atoms with E-state index >= 15 is 0 Å². The fourth-order valence-electron chi connectivity index (χ4n) is 2.61. The summed E-state index contributed by atoms with van der Waals surface area (Å²) in [7, 11) is 0. The predicted molar refractivity (Wildman–Crippen MR) is 76.8 cm³/mol. The summed E-state index contributed by atoms with van der Waals surface area (Å²) in [4.78, 5) is 4.66. The van der Waals surface area contributed by atoms with Gasteiger partial charge >= 0.3 is 0 Å². The van der Waals surface area contributed by atoms with E-state index in [4.69, 9.17) is 5.73 Å². The van der Waals surface area contributed by atoms with Crippen molar-refractivity contribution in [2.75, 3.05) is 11.9 Å². The Hall–Kier alpha value is -1.09. The van der Waals surface area contributed by atoms with E-state index in [1.807, 2.05) is 0 Å². The first-order valence-corrected chi connectivity index (χ1v) is 6.92. The molecule has 0 aliphatic heterocycles. The van der Waals surface area contributed by atoms with Crippen molar-refractivity contribution in [1.29, 1.82) is 0 Å². The predicted octanol–water partition coefficient (Wildman–Crippen LogP) is 2.75. The molecule has 1 aromatic rings. The summed E-state index contributed by atoms with van der Waals surface area (Å²) in [6, 6.07) is 4.46. The maximum atomic E-state index is 6.13. The summed E-state index contributed by atoms with van der Waals surface area (Å²) in [6.07, 6.45) is 4.57. The number of aryl methyl sites for hydroxylation is 2. The minimum absolute atomic E-state index is 0.181. The zero-order chi connectivity index (χ0) is 13.2. The van der Waals surface area contributed by atoms with Crippen LogP contribution < -0.4 is 11.1 Å². The van der Waals surface area contributed by atoms with Crippen LogP contribution >= 0.6 is 0 Å². The van der Waals surface area contributed by atoms with Crippen LogP contribution in [0.3, 0.4) is 0 Å². The Morgan fingerprint density at radius 1 is 1.33 bits per heavy atom. The maximum Gasteiger partial charge on any atom is 0.126 e. The van der Waals surface area contributed by atoms with E-state index < -0.39 is 0 Å². The third kappa shape index (κ3) is 3.70. The van der Waals surface area contributed by atoms with Gasteiger partial charge in [-0.2, -0.15) is 0 Å². The number of rotatable bonds is 4. The Labute approximate surface area is 110 Å². The van der Waals surface area contributed by atoms with E-state index in [2.05, 4.69) is 43.2 Å².